The Morgan fingerprint density at radius 2 is 0.931 bits per heavy atom. The predicted octanol–water partition coefficient (Wildman–Crippen LogP) is 2.14. The van der Waals surface area contributed by atoms with Crippen molar-refractivity contribution in [3.8, 4) is 0 Å². The lowest BCUT2D eigenvalue weighted by atomic mass is 9.63. The second-order valence-electron chi connectivity index (χ2n) is 9.92. The maximum absolute atomic E-state index is 6.17. The number of epoxide rings is 3. The van der Waals surface area contributed by atoms with Crippen molar-refractivity contribution in [2.75, 3.05) is 39.5 Å². The lowest BCUT2D eigenvalue weighted by Crippen LogP contribution is -2.39. The number of rotatable bonds is 17. The van der Waals surface area contributed by atoms with E-state index in [-0.39, 0.29) is 0 Å². The monoisotopic (exact) mass is 411 g/mol. The first kappa shape index (κ1) is 23.4. The van der Waals surface area contributed by atoms with Crippen LogP contribution in [-0.4, -0.2) is 57.8 Å². The molecule has 0 radical (unpaired) electrons. The van der Waals surface area contributed by atoms with E-state index in [0.29, 0.717) is 53.8 Å². The van der Waals surface area contributed by atoms with Crippen molar-refractivity contribution < 1.29 is 14.2 Å². The third kappa shape index (κ3) is 7.44. The van der Waals surface area contributed by atoms with Gasteiger partial charge in [0.15, 0.2) is 0 Å². The van der Waals surface area contributed by atoms with Gasteiger partial charge in [-0.25, -0.2) is 0 Å². The van der Waals surface area contributed by atoms with E-state index in [1.165, 1.54) is 0 Å². The molecule has 3 saturated heterocycles. The minimum atomic E-state index is 0.422. The fourth-order valence-corrected chi connectivity index (χ4v) is 5.93. The summed E-state index contributed by atoms with van der Waals surface area (Å²) in [6.45, 7) is 9.78. The second-order valence-corrected chi connectivity index (χ2v) is 9.92. The van der Waals surface area contributed by atoms with Gasteiger partial charge in [0, 0.05) is 0 Å². The average Bonchev–Trinajstić information content (AvgIpc) is 3.52. The van der Waals surface area contributed by atoms with Crippen LogP contribution in [0.3, 0.4) is 0 Å². The fraction of sp³-hybridized carbons (Fsp3) is 1.00. The molecule has 3 aliphatic rings. The first-order chi connectivity index (χ1) is 14.1. The van der Waals surface area contributed by atoms with Gasteiger partial charge < -0.3 is 31.4 Å². The van der Waals surface area contributed by atoms with Crippen LogP contribution in [0.4, 0.5) is 0 Å². The standard InChI is InChI=1S/C23H45N3O3/c1-15(9-17-12-27-17)20(3-6-24)22(5-8-26)23(11-19-14-29-19)21(4-7-25)16(2)10-18-13-28-18/h15-23H,3-14,24-26H2,1-2H3. The van der Waals surface area contributed by atoms with Crippen LogP contribution in [0.15, 0.2) is 0 Å². The maximum Gasteiger partial charge on any atom is 0.0812 e. The highest BCUT2D eigenvalue weighted by Crippen LogP contribution is 2.46. The molecule has 0 bridgehead atoms. The van der Waals surface area contributed by atoms with Crippen LogP contribution in [0.25, 0.3) is 0 Å². The predicted molar refractivity (Wildman–Crippen MR) is 116 cm³/mol. The summed E-state index contributed by atoms with van der Waals surface area (Å²) in [5.74, 6) is 3.54. The lowest BCUT2D eigenvalue weighted by Gasteiger charge is -2.43. The Labute approximate surface area is 177 Å². The van der Waals surface area contributed by atoms with Gasteiger partial charge in [0.25, 0.3) is 0 Å². The Bertz CT molecular complexity index is 468. The molecular formula is C23H45N3O3. The largest absolute Gasteiger partial charge is 0.373 e. The van der Waals surface area contributed by atoms with Gasteiger partial charge in [-0.1, -0.05) is 13.8 Å². The van der Waals surface area contributed by atoms with E-state index in [1.54, 1.807) is 0 Å². The third-order valence-corrected chi connectivity index (χ3v) is 7.62. The molecule has 0 aromatic carbocycles. The van der Waals surface area contributed by atoms with Gasteiger partial charge in [-0.3, -0.25) is 0 Å². The van der Waals surface area contributed by atoms with E-state index in [2.05, 4.69) is 13.8 Å². The van der Waals surface area contributed by atoms with Crippen molar-refractivity contribution in [1.82, 2.24) is 0 Å². The number of nitrogens with two attached hydrogens (primary N) is 3. The summed E-state index contributed by atoms with van der Waals surface area (Å²) in [5, 5.41) is 0. The van der Waals surface area contributed by atoms with Crippen molar-refractivity contribution in [2.24, 2.45) is 52.7 Å². The molecule has 6 nitrogen and oxygen atoms in total. The first-order valence-electron chi connectivity index (χ1n) is 12.0. The highest BCUT2D eigenvalue weighted by molar-refractivity contribution is 4.92. The summed E-state index contributed by atoms with van der Waals surface area (Å²) in [4.78, 5) is 0. The van der Waals surface area contributed by atoms with Gasteiger partial charge in [-0.15, -0.1) is 0 Å². The maximum atomic E-state index is 6.17. The van der Waals surface area contributed by atoms with Gasteiger partial charge in [0.2, 0.25) is 0 Å². The minimum absolute atomic E-state index is 0.422. The van der Waals surface area contributed by atoms with Crippen molar-refractivity contribution in [3.05, 3.63) is 0 Å². The molecular weight excluding hydrogens is 366 g/mol. The molecule has 0 saturated carbocycles. The molecule has 3 heterocycles. The molecule has 0 aliphatic carbocycles. The Morgan fingerprint density at radius 1 is 0.586 bits per heavy atom. The van der Waals surface area contributed by atoms with Crippen LogP contribution in [0.5, 0.6) is 0 Å². The highest BCUT2D eigenvalue weighted by atomic mass is 16.6. The average molecular weight is 412 g/mol. The molecule has 0 aromatic heterocycles. The lowest BCUT2D eigenvalue weighted by molar-refractivity contribution is 0.0606. The Morgan fingerprint density at radius 3 is 1.31 bits per heavy atom. The van der Waals surface area contributed by atoms with E-state index in [9.17, 15) is 0 Å². The zero-order chi connectivity index (χ0) is 20.8. The summed E-state index contributed by atoms with van der Waals surface area (Å²) in [6.07, 6.45) is 7.97. The fourth-order valence-electron chi connectivity index (χ4n) is 5.93. The van der Waals surface area contributed by atoms with Crippen LogP contribution < -0.4 is 17.2 Å². The van der Waals surface area contributed by atoms with Gasteiger partial charge >= 0.3 is 0 Å². The topological polar surface area (TPSA) is 116 Å². The molecule has 3 fully saturated rings. The van der Waals surface area contributed by atoms with Crippen LogP contribution >= 0.6 is 0 Å². The van der Waals surface area contributed by atoms with Crippen molar-refractivity contribution in [2.45, 2.75) is 70.7 Å². The van der Waals surface area contributed by atoms with E-state index in [4.69, 9.17) is 31.4 Å². The first-order valence-corrected chi connectivity index (χ1v) is 12.0. The number of hydrogen-bond donors (Lipinski definition) is 3. The second kappa shape index (κ2) is 11.4. The van der Waals surface area contributed by atoms with E-state index in [1.807, 2.05) is 0 Å². The number of ether oxygens (including phenoxy) is 3. The molecule has 170 valence electrons. The zero-order valence-corrected chi connectivity index (χ0v) is 18.6. The smallest absolute Gasteiger partial charge is 0.0812 e. The normalized spacial score (nSPS) is 31.6. The number of hydrogen-bond acceptors (Lipinski definition) is 6. The zero-order valence-electron chi connectivity index (χ0n) is 18.6. The minimum Gasteiger partial charge on any atom is -0.373 e. The quantitative estimate of drug-likeness (QED) is 0.316. The molecule has 3 rings (SSSR count). The van der Waals surface area contributed by atoms with E-state index >= 15 is 0 Å². The summed E-state index contributed by atoms with van der Waals surface area (Å²) < 4.78 is 16.8. The van der Waals surface area contributed by atoms with Gasteiger partial charge in [0.05, 0.1) is 38.1 Å². The molecule has 0 amide bonds. The van der Waals surface area contributed by atoms with Crippen molar-refractivity contribution in [1.29, 1.82) is 0 Å². The molecule has 0 spiro atoms. The van der Waals surface area contributed by atoms with Gasteiger partial charge in [0.1, 0.15) is 0 Å². The van der Waals surface area contributed by atoms with Gasteiger partial charge in [-0.05, 0) is 93.7 Å². The van der Waals surface area contributed by atoms with Gasteiger partial charge in [-0.2, -0.15) is 0 Å². The molecule has 29 heavy (non-hydrogen) atoms. The van der Waals surface area contributed by atoms with Crippen molar-refractivity contribution in [3.63, 3.8) is 0 Å². The van der Waals surface area contributed by atoms with E-state index in [0.717, 1.165) is 78.0 Å². The van der Waals surface area contributed by atoms with E-state index < -0.39 is 0 Å². The molecule has 6 N–H and O–H groups in total. The highest BCUT2D eigenvalue weighted by Gasteiger charge is 2.43. The summed E-state index contributed by atoms with van der Waals surface area (Å²) in [6, 6.07) is 0. The summed E-state index contributed by atoms with van der Waals surface area (Å²) >= 11 is 0. The van der Waals surface area contributed by atoms with Crippen LogP contribution in [0.2, 0.25) is 0 Å². The van der Waals surface area contributed by atoms with Crippen LogP contribution in [-0.2, 0) is 14.2 Å². The summed E-state index contributed by atoms with van der Waals surface area (Å²) in [5.41, 5.74) is 18.4. The van der Waals surface area contributed by atoms with Crippen LogP contribution in [0.1, 0.15) is 52.4 Å². The Balaban J connectivity index is 1.80. The SMILES string of the molecule is CC(CC1CO1)C(CCN)C(CCN)C(CC1CO1)C(CCN)C(C)CC1CO1. The Kier molecular flexibility index (Phi) is 9.21. The molecule has 9 atom stereocenters. The molecule has 6 heteroatoms. The third-order valence-electron chi connectivity index (χ3n) is 7.62. The molecule has 9 unspecified atom stereocenters. The molecule has 0 aromatic rings. The van der Waals surface area contributed by atoms with Crippen molar-refractivity contribution >= 4 is 0 Å². The molecule has 3 aliphatic heterocycles. The summed E-state index contributed by atoms with van der Waals surface area (Å²) in [7, 11) is 0. The van der Waals surface area contributed by atoms with Crippen LogP contribution in [0, 0.1) is 35.5 Å². The Hall–Kier alpha value is -0.240.